The van der Waals surface area contributed by atoms with Crippen LogP contribution in [-0.4, -0.2) is 38.3 Å². The fraction of sp³-hybridized carbons (Fsp3) is 0.562. The summed E-state index contributed by atoms with van der Waals surface area (Å²) < 4.78 is 16.5. The van der Waals surface area contributed by atoms with Crippen LogP contribution in [0.2, 0.25) is 0 Å². The Morgan fingerprint density at radius 2 is 2.30 bits per heavy atom. The lowest BCUT2D eigenvalue weighted by molar-refractivity contribution is -0.0920. The zero-order valence-corrected chi connectivity index (χ0v) is 11.8. The van der Waals surface area contributed by atoms with Crippen LogP contribution in [0.3, 0.4) is 0 Å². The van der Waals surface area contributed by atoms with Crippen molar-refractivity contribution in [3.05, 3.63) is 29.8 Å². The third kappa shape index (κ3) is 2.58. The molecule has 2 saturated heterocycles. The van der Waals surface area contributed by atoms with Crippen molar-refractivity contribution in [2.75, 3.05) is 26.9 Å². The Kier molecular flexibility index (Phi) is 3.76. The Bertz CT molecular complexity index is 491. The topological polar surface area (TPSA) is 44.8 Å². The number of hydrogen-bond donors (Lipinski definition) is 0. The summed E-state index contributed by atoms with van der Waals surface area (Å²) in [4.78, 5) is 12.7. The van der Waals surface area contributed by atoms with Crippen molar-refractivity contribution in [2.45, 2.75) is 24.9 Å². The first-order chi connectivity index (χ1) is 9.72. The highest BCUT2D eigenvalue weighted by molar-refractivity contribution is 5.98. The molecule has 0 bridgehead atoms. The molecule has 2 aliphatic rings. The number of carbonyl (C=O) groups excluding carboxylic acids is 1. The number of Topliss-reactive ketones (excluding diaryl/α,β-unsaturated/α-hetero) is 1. The molecule has 2 aliphatic heterocycles. The molecule has 4 nitrogen and oxygen atoms in total. The second-order valence-electron chi connectivity index (χ2n) is 5.62. The van der Waals surface area contributed by atoms with Gasteiger partial charge in [-0.25, -0.2) is 0 Å². The van der Waals surface area contributed by atoms with Gasteiger partial charge >= 0.3 is 0 Å². The monoisotopic (exact) mass is 276 g/mol. The van der Waals surface area contributed by atoms with Gasteiger partial charge in [-0.1, -0.05) is 12.1 Å². The fourth-order valence-corrected chi connectivity index (χ4v) is 3.13. The van der Waals surface area contributed by atoms with E-state index in [0.29, 0.717) is 13.2 Å². The van der Waals surface area contributed by atoms with Crippen molar-refractivity contribution in [3.8, 4) is 5.75 Å². The molecule has 2 heterocycles. The van der Waals surface area contributed by atoms with Crippen LogP contribution >= 0.6 is 0 Å². The molecule has 2 atom stereocenters. The molecule has 0 N–H and O–H groups in total. The van der Waals surface area contributed by atoms with Crippen LogP contribution in [0.5, 0.6) is 5.75 Å². The molecule has 0 aliphatic carbocycles. The molecule has 20 heavy (non-hydrogen) atoms. The minimum atomic E-state index is -0.225. The first-order valence-electron chi connectivity index (χ1n) is 7.12. The smallest absolute Gasteiger partial charge is 0.166 e. The minimum absolute atomic E-state index is 0.0255. The lowest BCUT2D eigenvalue weighted by Gasteiger charge is -2.36. The fourth-order valence-electron chi connectivity index (χ4n) is 3.13. The lowest BCUT2D eigenvalue weighted by Crippen LogP contribution is -2.42. The maximum absolute atomic E-state index is 12.7. The van der Waals surface area contributed by atoms with E-state index < -0.39 is 0 Å². The number of carbonyl (C=O) groups is 1. The summed E-state index contributed by atoms with van der Waals surface area (Å²) in [6.07, 6.45) is 2.45. The molecule has 0 aromatic heterocycles. The quantitative estimate of drug-likeness (QED) is 0.796. The van der Waals surface area contributed by atoms with Crippen LogP contribution in [0.15, 0.2) is 24.3 Å². The highest BCUT2D eigenvalue weighted by Gasteiger charge is 2.43. The molecule has 1 aromatic rings. The van der Waals surface area contributed by atoms with E-state index in [1.165, 1.54) is 0 Å². The molecule has 0 saturated carbocycles. The normalized spacial score (nSPS) is 29.6. The van der Waals surface area contributed by atoms with Crippen LogP contribution in [0.4, 0.5) is 0 Å². The van der Waals surface area contributed by atoms with Crippen molar-refractivity contribution >= 4 is 5.78 Å². The van der Waals surface area contributed by atoms with Gasteiger partial charge < -0.3 is 14.2 Å². The molecule has 1 spiro atoms. The van der Waals surface area contributed by atoms with Crippen LogP contribution in [0, 0.1) is 5.92 Å². The van der Waals surface area contributed by atoms with E-state index in [9.17, 15) is 4.79 Å². The summed E-state index contributed by atoms with van der Waals surface area (Å²) >= 11 is 0. The van der Waals surface area contributed by atoms with Crippen molar-refractivity contribution < 1.29 is 19.0 Å². The van der Waals surface area contributed by atoms with E-state index >= 15 is 0 Å². The van der Waals surface area contributed by atoms with E-state index in [2.05, 4.69) is 0 Å². The van der Waals surface area contributed by atoms with Crippen LogP contribution in [0.25, 0.3) is 0 Å². The van der Waals surface area contributed by atoms with Gasteiger partial charge in [-0.3, -0.25) is 4.79 Å². The van der Waals surface area contributed by atoms with E-state index in [0.717, 1.165) is 37.2 Å². The number of hydrogen-bond acceptors (Lipinski definition) is 4. The average molecular weight is 276 g/mol. The second-order valence-corrected chi connectivity index (χ2v) is 5.62. The number of benzene rings is 1. The van der Waals surface area contributed by atoms with Crippen LogP contribution in [0.1, 0.15) is 29.6 Å². The summed E-state index contributed by atoms with van der Waals surface area (Å²) in [5.74, 6) is 0.942. The van der Waals surface area contributed by atoms with E-state index in [-0.39, 0.29) is 17.3 Å². The molecule has 4 heteroatoms. The average Bonchev–Trinajstić information content (AvgIpc) is 2.94. The molecule has 0 radical (unpaired) electrons. The Balaban J connectivity index is 1.76. The molecular weight excluding hydrogens is 256 g/mol. The largest absolute Gasteiger partial charge is 0.497 e. The predicted octanol–water partition coefficient (Wildman–Crippen LogP) is 2.46. The Hall–Kier alpha value is -1.39. The summed E-state index contributed by atoms with van der Waals surface area (Å²) in [6, 6.07) is 7.39. The van der Waals surface area contributed by atoms with Gasteiger partial charge in [0.2, 0.25) is 0 Å². The van der Waals surface area contributed by atoms with E-state index in [1.54, 1.807) is 7.11 Å². The first kappa shape index (κ1) is 13.6. The highest BCUT2D eigenvalue weighted by Crippen LogP contribution is 2.37. The Labute approximate surface area is 119 Å². The third-order valence-electron chi connectivity index (χ3n) is 4.29. The van der Waals surface area contributed by atoms with Gasteiger partial charge in [-0.2, -0.15) is 0 Å². The van der Waals surface area contributed by atoms with E-state index in [4.69, 9.17) is 14.2 Å². The van der Waals surface area contributed by atoms with Crippen molar-refractivity contribution in [2.24, 2.45) is 5.92 Å². The molecule has 1 aromatic carbocycles. The van der Waals surface area contributed by atoms with Crippen molar-refractivity contribution in [3.63, 3.8) is 0 Å². The summed E-state index contributed by atoms with van der Waals surface area (Å²) in [6.45, 7) is 2.00. The lowest BCUT2D eigenvalue weighted by atomic mass is 9.81. The maximum Gasteiger partial charge on any atom is 0.166 e. The van der Waals surface area contributed by atoms with Gasteiger partial charge in [0.15, 0.2) is 5.78 Å². The zero-order valence-electron chi connectivity index (χ0n) is 11.8. The molecule has 2 fully saturated rings. The van der Waals surface area contributed by atoms with Gasteiger partial charge in [0.05, 0.1) is 19.3 Å². The van der Waals surface area contributed by atoms with Crippen molar-refractivity contribution in [1.29, 1.82) is 0 Å². The van der Waals surface area contributed by atoms with Crippen molar-refractivity contribution in [1.82, 2.24) is 0 Å². The molecule has 2 unspecified atom stereocenters. The summed E-state index contributed by atoms with van der Waals surface area (Å²) in [5, 5.41) is 0. The first-order valence-corrected chi connectivity index (χ1v) is 7.12. The van der Waals surface area contributed by atoms with Gasteiger partial charge in [0, 0.05) is 31.1 Å². The number of ether oxygens (including phenoxy) is 3. The third-order valence-corrected chi connectivity index (χ3v) is 4.29. The SMILES string of the molecule is COc1cccc(C(=O)C2CCOC3(CCOC3)C2)c1. The van der Waals surface area contributed by atoms with Crippen LogP contribution in [-0.2, 0) is 9.47 Å². The molecule has 3 rings (SSSR count). The zero-order chi connectivity index (χ0) is 14.0. The number of ketones is 1. The Morgan fingerprint density at radius 3 is 3.05 bits per heavy atom. The molecular formula is C16H20O4. The summed E-state index contributed by atoms with van der Waals surface area (Å²) in [5.41, 5.74) is 0.502. The molecule has 0 amide bonds. The minimum Gasteiger partial charge on any atom is -0.497 e. The predicted molar refractivity (Wildman–Crippen MR) is 74.2 cm³/mol. The standard InChI is InChI=1S/C16H20O4/c1-18-14-4-2-3-12(9-14)15(17)13-5-7-20-16(10-13)6-8-19-11-16/h2-4,9,13H,5-8,10-11H2,1H3. The summed E-state index contributed by atoms with van der Waals surface area (Å²) in [7, 11) is 1.61. The van der Waals surface area contributed by atoms with E-state index in [1.807, 2.05) is 24.3 Å². The van der Waals surface area contributed by atoms with Gasteiger partial charge in [0.1, 0.15) is 5.75 Å². The van der Waals surface area contributed by atoms with Gasteiger partial charge in [-0.15, -0.1) is 0 Å². The number of methoxy groups -OCH3 is 1. The van der Waals surface area contributed by atoms with Gasteiger partial charge in [0.25, 0.3) is 0 Å². The van der Waals surface area contributed by atoms with Gasteiger partial charge in [-0.05, 0) is 25.0 Å². The highest BCUT2D eigenvalue weighted by atomic mass is 16.6. The van der Waals surface area contributed by atoms with Crippen LogP contribution < -0.4 is 4.74 Å². The second kappa shape index (κ2) is 5.54. The molecule has 108 valence electrons. The maximum atomic E-state index is 12.7. The Morgan fingerprint density at radius 1 is 1.40 bits per heavy atom. The number of rotatable bonds is 3.